The normalized spacial score (nSPS) is 17.0. The van der Waals surface area contributed by atoms with Gasteiger partial charge in [0, 0.05) is 7.05 Å². The minimum atomic E-state index is -1.04. The molecular weight excluding hydrogens is 364 g/mol. The van der Waals surface area contributed by atoms with Crippen molar-refractivity contribution in [3.63, 3.8) is 0 Å². The number of hydrogen-bond acceptors (Lipinski definition) is 5. The van der Waals surface area contributed by atoms with Gasteiger partial charge in [-0.05, 0) is 54.6 Å². The Bertz CT molecular complexity index is 935. The number of hydrogen-bond donors (Lipinski definition) is 1. The van der Waals surface area contributed by atoms with E-state index in [9.17, 15) is 9.59 Å². The summed E-state index contributed by atoms with van der Waals surface area (Å²) in [6, 6.07) is 14.7. The van der Waals surface area contributed by atoms with Gasteiger partial charge >= 0.3 is 5.97 Å². The first-order chi connectivity index (χ1) is 12.9. The van der Waals surface area contributed by atoms with Crippen LogP contribution in [0, 0.1) is 6.92 Å². The Kier molecular flexibility index (Phi) is 5.61. The van der Waals surface area contributed by atoms with E-state index in [0.717, 1.165) is 16.8 Å². The quantitative estimate of drug-likeness (QED) is 0.798. The van der Waals surface area contributed by atoms with Crippen LogP contribution in [0.2, 0.25) is 0 Å². The third-order valence-electron chi connectivity index (χ3n) is 3.78. The van der Waals surface area contributed by atoms with Crippen molar-refractivity contribution in [3.8, 4) is 5.75 Å². The summed E-state index contributed by atoms with van der Waals surface area (Å²) < 4.78 is 5.18. The summed E-state index contributed by atoms with van der Waals surface area (Å²) in [5.74, 6) is -0.745. The number of aliphatic imine (C=N–C) groups is 1. The number of rotatable bonds is 5. The van der Waals surface area contributed by atoms with Crippen LogP contribution in [0.25, 0.3) is 6.08 Å². The second-order valence-corrected chi connectivity index (χ2v) is 6.97. The molecule has 0 saturated carbocycles. The van der Waals surface area contributed by atoms with Crippen LogP contribution >= 0.6 is 11.8 Å². The fourth-order valence-corrected chi connectivity index (χ4v) is 3.36. The molecule has 1 N–H and O–H groups in total. The molecule has 1 saturated heterocycles. The van der Waals surface area contributed by atoms with Crippen molar-refractivity contribution >= 4 is 40.6 Å². The van der Waals surface area contributed by atoms with E-state index in [4.69, 9.17) is 9.84 Å². The molecule has 7 heteroatoms. The molecule has 6 nitrogen and oxygen atoms in total. The van der Waals surface area contributed by atoms with Gasteiger partial charge in [0.05, 0.1) is 10.6 Å². The summed E-state index contributed by atoms with van der Waals surface area (Å²) in [7, 11) is 1.69. The highest BCUT2D eigenvalue weighted by molar-refractivity contribution is 8.18. The third kappa shape index (κ3) is 4.77. The van der Waals surface area contributed by atoms with Crippen LogP contribution in [-0.4, -0.2) is 40.7 Å². The molecule has 138 valence electrons. The number of amides is 1. The molecule has 0 aliphatic carbocycles. The lowest BCUT2D eigenvalue weighted by Crippen LogP contribution is -2.23. The highest BCUT2D eigenvalue weighted by Crippen LogP contribution is 2.33. The lowest BCUT2D eigenvalue weighted by Gasteiger charge is -2.07. The molecule has 2 aromatic carbocycles. The second-order valence-electron chi connectivity index (χ2n) is 5.96. The number of thioether (sulfide) groups is 1. The van der Waals surface area contributed by atoms with Crippen molar-refractivity contribution < 1.29 is 19.4 Å². The lowest BCUT2D eigenvalue weighted by molar-refractivity contribution is -0.139. The lowest BCUT2D eigenvalue weighted by atomic mass is 10.2. The number of carbonyl (C=O) groups excluding carboxylic acids is 1. The number of aryl methyl sites for hydroxylation is 1. The molecule has 0 atom stereocenters. The third-order valence-corrected chi connectivity index (χ3v) is 4.84. The van der Waals surface area contributed by atoms with Gasteiger partial charge in [0.25, 0.3) is 5.91 Å². The maximum atomic E-state index is 12.5. The van der Waals surface area contributed by atoms with Gasteiger partial charge in [-0.15, -0.1) is 0 Å². The zero-order chi connectivity index (χ0) is 19.4. The Balaban J connectivity index is 1.81. The van der Waals surface area contributed by atoms with Crippen molar-refractivity contribution in [2.45, 2.75) is 6.92 Å². The number of benzene rings is 2. The van der Waals surface area contributed by atoms with E-state index >= 15 is 0 Å². The maximum Gasteiger partial charge on any atom is 0.341 e. The molecule has 0 aromatic heterocycles. The van der Waals surface area contributed by atoms with Crippen LogP contribution in [0.1, 0.15) is 11.1 Å². The number of carboxylic acid groups (broad SMARTS) is 1. The van der Waals surface area contributed by atoms with Crippen molar-refractivity contribution in [2.75, 3.05) is 13.7 Å². The van der Waals surface area contributed by atoms with Gasteiger partial charge in [0.15, 0.2) is 11.8 Å². The van der Waals surface area contributed by atoms with Crippen LogP contribution < -0.4 is 4.74 Å². The highest BCUT2D eigenvalue weighted by atomic mass is 32.2. The van der Waals surface area contributed by atoms with Crippen molar-refractivity contribution in [1.29, 1.82) is 0 Å². The largest absolute Gasteiger partial charge is 0.482 e. The summed E-state index contributed by atoms with van der Waals surface area (Å²) in [6.45, 7) is 1.59. The highest BCUT2D eigenvalue weighted by Gasteiger charge is 2.30. The summed E-state index contributed by atoms with van der Waals surface area (Å²) in [4.78, 5) is 29.7. The minimum absolute atomic E-state index is 0.136. The van der Waals surface area contributed by atoms with E-state index in [-0.39, 0.29) is 5.91 Å². The molecule has 1 heterocycles. The zero-order valence-electron chi connectivity index (χ0n) is 14.9. The number of amidine groups is 1. The maximum absolute atomic E-state index is 12.5. The first-order valence-electron chi connectivity index (χ1n) is 8.20. The Morgan fingerprint density at radius 3 is 2.70 bits per heavy atom. The summed E-state index contributed by atoms with van der Waals surface area (Å²) in [6.07, 6.45) is 1.74. The molecule has 0 spiro atoms. The smallest absolute Gasteiger partial charge is 0.341 e. The standard InChI is InChI=1S/C20H18N2O4S/c1-13-6-8-15(9-7-13)21-20-22(2)19(25)17(27-20)11-14-4-3-5-16(10-14)26-12-18(23)24/h3-11H,12H2,1-2H3,(H,23,24)/b17-11+,21-20?. The van der Waals surface area contributed by atoms with E-state index < -0.39 is 12.6 Å². The molecule has 27 heavy (non-hydrogen) atoms. The molecule has 2 aromatic rings. The Morgan fingerprint density at radius 1 is 1.26 bits per heavy atom. The van der Waals surface area contributed by atoms with Gasteiger partial charge in [0.1, 0.15) is 5.75 Å². The average molecular weight is 382 g/mol. The first kappa shape index (κ1) is 18.7. The molecule has 0 radical (unpaired) electrons. The summed E-state index contributed by atoms with van der Waals surface area (Å²) >= 11 is 1.30. The molecule has 1 fully saturated rings. The molecule has 0 unspecified atom stereocenters. The number of aliphatic carboxylic acids is 1. The molecule has 0 bridgehead atoms. The number of likely N-dealkylation sites (N-methyl/N-ethyl adjacent to an activating group) is 1. The van der Waals surface area contributed by atoms with Gasteiger partial charge < -0.3 is 9.84 Å². The van der Waals surface area contributed by atoms with Crippen LogP contribution in [0.3, 0.4) is 0 Å². The van der Waals surface area contributed by atoms with E-state index in [1.165, 1.54) is 16.7 Å². The van der Waals surface area contributed by atoms with Crippen LogP contribution in [-0.2, 0) is 9.59 Å². The molecule has 1 aliphatic rings. The van der Waals surface area contributed by atoms with Gasteiger partial charge in [0.2, 0.25) is 0 Å². The van der Waals surface area contributed by atoms with E-state index in [1.807, 2.05) is 37.3 Å². The summed E-state index contributed by atoms with van der Waals surface area (Å²) in [5.41, 5.74) is 2.68. The number of ether oxygens (including phenoxy) is 1. The van der Waals surface area contributed by atoms with Gasteiger partial charge in [-0.3, -0.25) is 9.69 Å². The number of carboxylic acids is 1. The predicted molar refractivity (Wildman–Crippen MR) is 106 cm³/mol. The van der Waals surface area contributed by atoms with Crippen LogP contribution in [0.15, 0.2) is 58.4 Å². The molecule has 1 aliphatic heterocycles. The molecule has 3 rings (SSSR count). The average Bonchev–Trinajstić information content (AvgIpc) is 2.90. The SMILES string of the molecule is Cc1ccc(N=C2S/C(=C/c3cccc(OCC(=O)O)c3)C(=O)N2C)cc1. The van der Waals surface area contributed by atoms with E-state index in [1.54, 1.807) is 31.3 Å². The number of nitrogens with zero attached hydrogens (tertiary/aromatic N) is 2. The molecule has 1 amide bonds. The van der Waals surface area contributed by atoms with Crippen molar-refractivity contribution in [2.24, 2.45) is 4.99 Å². The van der Waals surface area contributed by atoms with Gasteiger partial charge in [-0.1, -0.05) is 29.8 Å². The summed E-state index contributed by atoms with van der Waals surface area (Å²) in [5, 5.41) is 9.30. The Morgan fingerprint density at radius 2 is 2.00 bits per heavy atom. The zero-order valence-corrected chi connectivity index (χ0v) is 15.7. The van der Waals surface area contributed by atoms with Crippen LogP contribution in [0.5, 0.6) is 5.75 Å². The fourth-order valence-electron chi connectivity index (χ4n) is 2.37. The Hall–Kier alpha value is -3.06. The first-order valence-corrected chi connectivity index (χ1v) is 9.01. The topological polar surface area (TPSA) is 79.2 Å². The van der Waals surface area contributed by atoms with Gasteiger partial charge in [-0.25, -0.2) is 9.79 Å². The van der Waals surface area contributed by atoms with Crippen molar-refractivity contribution in [3.05, 3.63) is 64.6 Å². The minimum Gasteiger partial charge on any atom is -0.482 e. The molecular formula is C20H18N2O4S. The predicted octanol–water partition coefficient (Wildman–Crippen LogP) is 3.69. The monoisotopic (exact) mass is 382 g/mol. The van der Waals surface area contributed by atoms with E-state index in [0.29, 0.717) is 15.8 Å². The number of carbonyl (C=O) groups is 2. The van der Waals surface area contributed by atoms with Gasteiger partial charge in [-0.2, -0.15) is 0 Å². The fraction of sp³-hybridized carbons (Fsp3) is 0.150. The van der Waals surface area contributed by atoms with Crippen molar-refractivity contribution in [1.82, 2.24) is 4.90 Å². The van der Waals surface area contributed by atoms with E-state index in [2.05, 4.69) is 4.99 Å². The van der Waals surface area contributed by atoms with Crippen LogP contribution in [0.4, 0.5) is 5.69 Å². The second kappa shape index (κ2) is 8.09. The Labute approximate surface area is 161 Å².